The smallest absolute Gasteiger partial charge is 0.323 e. The van der Waals surface area contributed by atoms with E-state index in [1.54, 1.807) is 18.2 Å². The number of hydrogen-bond donors (Lipinski definition) is 3. The van der Waals surface area contributed by atoms with Crippen molar-refractivity contribution in [3.05, 3.63) is 29.3 Å². The Kier molecular flexibility index (Phi) is 3.28. The minimum absolute atomic E-state index is 0.176. The lowest BCUT2D eigenvalue weighted by Crippen LogP contribution is -2.46. The SMILES string of the molecule is CC(N)(Cc1ccc(O)c(CC2CO2)c1)C(=O)O. The third-order valence-electron chi connectivity index (χ3n) is 3.05. The molecule has 1 saturated heterocycles. The van der Waals surface area contributed by atoms with E-state index in [4.69, 9.17) is 15.6 Å². The van der Waals surface area contributed by atoms with Crippen LogP contribution in [0, 0.1) is 0 Å². The molecular formula is C13H17NO4. The van der Waals surface area contributed by atoms with Gasteiger partial charge in [-0.05, 0) is 24.1 Å². The summed E-state index contributed by atoms with van der Waals surface area (Å²) in [7, 11) is 0. The van der Waals surface area contributed by atoms with Gasteiger partial charge in [0.2, 0.25) is 0 Å². The van der Waals surface area contributed by atoms with Crippen molar-refractivity contribution < 1.29 is 19.7 Å². The van der Waals surface area contributed by atoms with Gasteiger partial charge in [0.15, 0.2) is 0 Å². The largest absolute Gasteiger partial charge is 0.508 e. The maximum atomic E-state index is 11.0. The van der Waals surface area contributed by atoms with Crippen LogP contribution in [-0.2, 0) is 22.4 Å². The Morgan fingerprint density at radius 1 is 1.61 bits per heavy atom. The molecule has 0 spiro atoms. The molecule has 0 radical (unpaired) electrons. The molecule has 5 nitrogen and oxygen atoms in total. The van der Waals surface area contributed by atoms with Crippen LogP contribution < -0.4 is 5.73 Å². The zero-order valence-electron chi connectivity index (χ0n) is 10.2. The molecule has 5 heteroatoms. The van der Waals surface area contributed by atoms with Crippen molar-refractivity contribution in [1.29, 1.82) is 0 Å². The lowest BCUT2D eigenvalue weighted by molar-refractivity contribution is -0.142. The highest BCUT2D eigenvalue weighted by Crippen LogP contribution is 2.25. The predicted molar refractivity (Wildman–Crippen MR) is 65.5 cm³/mol. The van der Waals surface area contributed by atoms with Gasteiger partial charge in [-0.2, -0.15) is 0 Å². The molecule has 1 fully saturated rings. The number of aromatic hydroxyl groups is 1. The monoisotopic (exact) mass is 251 g/mol. The van der Waals surface area contributed by atoms with Gasteiger partial charge in [-0.1, -0.05) is 12.1 Å². The molecular weight excluding hydrogens is 234 g/mol. The average Bonchev–Trinajstić information content (AvgIpc) is 3.06. The minimum Gasteiger partial charge on any atom is -0.508 e. The lowest BCUT2D eigenvalue weighted by atomic mass is 9.92. The molecule has 4 N–H and O–H groups in total. The fourth-order valence-corrected chi connectivity index (χ4v) is 1.84. The second-order valence-corrected chi connectivity index (χ2v) is 5.02. The van der Waals surface area contributed by atoms with E-state index in [-0.39, 0.29) is 18.3 Å². The number of nitrogens with two attached hydrogens (primary N) is 1. The first kappa shape index (κ1) is 12.9. The Morgan fingerprint density at radius 2 is 2.28 bits per heavy atom. The molecule has 0 aromatic heterocycles. The van der Waals surface area contributed by atoms with Crippen LogP contribution in [0.5, 0.6) is 5.75 Å². The summed E-state index contributed by atoms with van der Waals surface area (Å²) in [5, 5.41) is 18.7. The Bertz CT molecular complexity index is 466. The van der Waals surface area contributed by atoms with Crippen LogP contribution in [0.15, 0.2) is 18.2 Å². The fourth-order valence-electron chi connectivity index (χ4n) is 1.84. The van der Waals surface area contributed by atoms with Gasteiger partial charge in [-0.15, -0.1) is 0 Å². The number of ether oxygens (including phenoxy) is 1. The van der Waals surface area contributed by atoms with Gasteiger partial charge in [0.25, 0.3) is 0 Å². The summed E-state index contributed by atoms with van der Waals surface area (Å²) in [6, 6.07) is 5.07. The number of rotatable bonds is 5. The number of phenolic OH excluding ortho intramolecular Hbond substituents is 1. The molecule has 1 heterocycles. The number of benzene rings is 1. The van der Waals surface area contributed by atoms with Crippen molar-refractivity contribution in [2.24, 2.45) is 5.73 Å². The summed E-state index contributed by atoms with van der Waals surface area (Å²) in [5.74, 6) is -0.828. The van der Waals surface area contributed by atoms with E-state index < -0.39 is 11.5 Å². The van der Waals surface area contributed by atoms with Crippen molar-refractivity contribution in [3.63, 3.8) is 0 Å². The van der Waals surface area contributed by atoms with Crippen molar-refractivity contribution in [1.82, 2.24) is 0 Å². The standard InChI is InChI=1S/C13H17NO4/c1-13(14,12(16)17)6-8-2-3-11(15)9(4-8)5-10-7-18-10/h2-4,10,15H,5-7,14H2,1H3,(H,16,17). The molecule has 1 aromatic carbocycles. The molecule has 0 aliphatic carbocycles. The third-order valence-corrected chi connectivity index (χ3v) is 3.05. The molecule has 0 amide bonds. The van der Waals surface area contributed by atoms with Crippen LogP contribution in [0.3, 0.4) is 0 Å². The third kappa shape index (κ3) is 3.00. The zero-order chi connectivity index (χ0) is 13.3. The first-order valence-electron chi connectivity index (χ1n) is 5.83. The summed E-state index contributed by atoms with van der Waals surface area (Å²) in [6.45, 7) is 2.19. The molecule has 0 saturated carbocycles. The first-order valence-corrected chi connectivity index (χ1v) is 5.83. The van der Waals surface area contributed by atoms with Crippen LogP contribution in [-0.4, -0.2) is 34.4 Å². The van der Waals surface area contributed by atoms with E-state index in [2.05, 4.69) is 0 Å². The summed E-state index contributed by atoms with van der Waals surface area (Å²) in [4.78, 5) is 11.0. The number of phenols is 1. The predicted octanol–water partition coefficient (Wildman–Crippen LogP) is 0.678. The minimum atomic E-state index is -1.30. The van der Waals surface area contributed by atoms with E-state index in [1.165, 1.54) is 6.92 Å². The van der Waals surface area contributed by atoms with Crippen LogP contribution in [0.2, 0.25) is 0 Å². The maximum absolute atomic E-state index is 11.0. The number of epoxide rings is 1. The van der Waals surface area contributed by atoms with E-state index in [1.807, 2.05) is 0 Å². The van der Waals surface area contributed by atoms with Crippen LogP contribution in [0.4, 0.5) is 0 Å². The van der Waals surface area contributed by atoms with Crippen LogP contribution in [0.25, 0.3) is 0 Å². The zero-order valence-corrected chi connectivity index (χ0v) is 10.2. The highest BCUT2D eigenvalue weighted by molar-refractivity contribution is 5.78. The number of carboxylic acids is 1. The van der Waals surface area contributed by atoms with Gasteiger partial charge < -0.3 is 20.7 Å². The topological polar surface area (TPSA) is 96.1 Å². The van der Waals surface area contributed by atoms with Crippen LogP contribution in [0.1, 0.15) is 18.1 Å². The summed E-state index contributed by atoms with van der Waals surface area (Å²) in [6.07, 6.45) is 1.05. The molecule has 2 rings (SSSR count). The number of hydrogen-bond acceptors (Lipinski definition) is 4. The number of carbonyl (C=O) groups is 1. The Balaban J connectivity index is 2.15. The molecule has 2 atom stereocenters. The van der Waals surface area contributed by atoms with Gasteiger partial charge in [0.1, 0.15) is 11.3 Å². The van der Waals surface area contributed by atoms with Crippen LogP contribution >= 0.6 is 0 Å². The second kappa shape index (κ2) is 4.59. The summed E-state index contributed by atoms with van der Waals surface area (Å²) >= 11 is 0. The van der Waals surface area contributed by atoms with E-state index in [0.29, 0.717) is 13.0 Å². The fraction of sp³-hybridized carbons (Fsp3) is 0.462. The van der Waals surface area contributed by atoms with E-state index >= 15 is 0 Å². The molecule has 98 valence electrons. The molecule has 0 bridgehead atoms. The highest BCUT2D eigenvalue weighted by Gasteiger charge is 2.29. The molecule has 1 aliphatic rings. The van der Waals surface area contributed by atoms with Gasteiger partial charge >= 0.3 is 5.97 Å². The van der Waals surface area contributed by atoms with E-state index in [0.717, 1.165) is 11.1 Å². The summed E-state index contributed by atoms with van der Waals surface area (Å²) < 4.78 is 5.12. The quantitative estimate of drug-likeness (QED) is 0.669. The molecule has 1 aromatic rings. The van der Waals surface area contributed by atoms with Crippen molar-refractivity contribution in [3.8, 4) is 5.75 Å². The second-order valence-electron chi connectivity index (χ2n) is 5.02. The molecule has 18 heavy (non-hydrogen) atoms. The molecule has 1 aliphatic heterocycles. The van der Waals surface area contributed by atoms with E-state index in [9.17, 15) is 9.90 Å². The van der Waals surface area contributed by atoms with Gasteiger partial charge in [-0.3, -0.25) is 4.79 Å². The highest BCUT2D eigenvalue weighted by atomic mass is 16.6. The maximum Gasteiger partial charge on any atom is 0.323 e. The Hall–Kier alpha value is -1.59. The van der Waals surface area contributed by atoms with Gasteiger partial charge in [0.05, 0.1) is 12.7 Å². The number of carboxylic acid groups (broad SMARTS) is 1. The Labute approximate surface area is 105 Å². The first-order chi connectivity index (χ1) is 8.38. The normalized spacial score (nSPS) is 21.3. The van der Waals surface area contributed by atoms with Crippen molar-refractivity contribution in [2.45, 2.75) is 31.4 Å². The van der Waals surface area contributed by atoms with Crippen molar-refractivity contribution >= 4 is 5.97 Å². The average molecular weight is 251 g/mol. The van der Waals surface area contributed by atoms with Gasteiger partial charge in [0, 0.05) is 12.8 Å². The summed E-state index contributed by atoms with van der Waals surface area (Å²) in [5.41, 5.74) is 5.98. The number of aliphatic carboxylic acids is 1. The lowest BCUT2D eigenvalue weighted by Gasteiger charge is -2.19. The molecule has 2 unspecified atom stereocenters. The van der Waals surface area contributed by atoms with Crippen molar-refractivity contribution in [2.75, 3.05) is 6.61 Å². The van der Waals surface area contributed by atoms with Gasteiger partial charge in [-0.25, -0.2) is 0 Å². The Morgan fingerprint density at radius 3 is 2.83 bits per heavy atom.